The second-order valence-electron chi connectivity index (χ2n) is 8.01. The summed E-state index contributed by atoms with van der Waals surface area (Å²) in [5.74, 6) is 0.626. The molecule has 0 bridgehead atoms. The van der Waals surface area contributed by atoms with Crippen LogP contribution in [-0.2, 0) is 20.9 Å². The van der Waals surface area contributed by atoms with Gasteiger partial charge in [-0.15, -0.1) is 0 Å². The number of halogens is 4. The van der Waals surface area contributed by atoms with Gasteiger partial charge in [-0.05, 0) is 24.8 Å². The highest BCUT2D eigenvalue weighted by Crippen LogP contribution is 2.43. The lowest BCUT2D eigenvalue weighted by atomic mass is 9.74. The Kier molecular flexibility index (Phi) is 5.15. The Morgan fingerprint density at radius 1 is 1.21 bits per heavy atom. The third kappa shape index (κ3) is 3.77. The van der Waals surface area contributed by atoms with Crippen LogP contribution in [0, 0.1) is 11.3 Å². The Labute approximate surface area is 166 Å². The fourth-order valence-electron chi connectivity index (χ4n) is 4.29. The second-order valence-corrected chi connectivity index (χ2v) is 10.3. The van der Waals surface area contributed by atoms with Crippen molar-refractivity contribution in [2.75, 3.05) is 45.9 Å². The first-order chi connectivity index (χ1) is 13.1. The van der Waals surface area contributed by atoms with Gasteiger partial charge in [-0.1, -0.05) is 11.6 Å². The molecule has 0 unspecified atom stereocenters. The SMILES string of the molecule is O=S(=O)(c1ncc(C(F)(F)F)cc1Cl)N1CC2(CN(CC3CCOCC3)C2)C1. The van der Waals surface area contributed by atoms with Gasteiger partial charge in [0.2, 0.25) is 0 Å². The predicted octanol–water partition coefficient (Wildman–Crippen LogP) is 2.49. The minimum absolute atomic E-state index is 0.0589. The van der Waals surface area contributed by atoms with Crippen molar-refractivity contribution in [3.8, 4) is 0 Å². The Morgan fingerprint density at radius 2 is 1.86 bits per heavy atom. The zero-order valence-corrected chi connectivity index (χ0v) is 16.7. The number of likely N-dealkylation sites (tertiary alicyclic amines) is 1. The molecule has 0 radical (unpaired) electrons. The van der Waals surface area contributed by atoms with Crippen LogP contribution in [0.15, 0.2) is 17.3 Å². The van der Waals surface area contributed by atoms with E-state index in [-0.39, 0.29) is 5.41 Å². The fourth-order valence-corrected chi connectivity index (χ4v) is 6.37. The van der Waals surface area contributed by atoms with Gasteiger partial charge in [0.15, 0.2) is 5.03 Å². The van der Waals surface area contributed by atoms with Gasteiger partial charge in [-0.3, -0.25) is 0 Å². The van der Waals surface area contributed by atoms with Crippen molar-refractivity contribution >= 4 is 21.6 Å². The number of alkyl halides is 3. The summed E-state index contributed by atoms with van der Waals surface area (Å²) in [6.45, 7) is 4.98. The maximum Gasteiger partial charge on any atom is 0.417 e. The van der Waals surface area contributed by atoms with E-state index in [1.807, 2.05) is 0 Å². The molecule has 11 heteroatoms. The molecule has 0 amide bonds. The average Bonchev–Trinajstić information content (AvgIpc) is 2.55. The minimum atomic E-state index is -4.63. The first-order valence-corrected chi connectivity index (χ1v) is 10.9. The molecule has 3 aliphatic rings. The summed E-state index contributed by atoms with van der Waals surface area (Å²) in [4.78, 5) is 5.84. The molecule has 28 heavy (non-hydrogen) atoms. The molecule has 1 aromatic heterocycles. The van der Waals surface area contributed by atoms with E-state index >= 15 is 0 Å². The van der Waals surface area contributed by atoms with Gasteiger partial charge >= 0.3 is 6.18 Å². The van der Waals surface area contributed by atoms with Crippen LogP contribution >= 0.6 is 11.6 Å². The Hall–Kier alpha value is -0.940. The fraction of sp³-hybridized carbons (Fsp3) is 0.706. The first kappa shape index (κ1) is 20.3. The molecule has 0 N–H and O–H groups in total. The van der Waals surface area contributed by atoms with Gasteiger partial charge in [-0.2, -0.15) is 17.5 Å². The molecule has 3 aliphatic heterocycles. The van der Waals surface area contributed by atoms with Crippen molar-refractivity contribution in [3.05, 3.63) is 22.8 Å². The van der Waals surface area contributed by atoms with E-state index < -0.39 is 31.8 Å². The van der Waals surface area contributed by atoms with Gasteiger partial charge in [0, 0.05) is 57.5 Å². The number of hydrogen-bond donors (Lipinski definition) is 0. The maximum absolute atomic E-state index is 12.7. The Balaban J connectivity index is 1.35. The molecule has 0 atom stereocenters. The molecular weight excluding hydrogens is 419 g/mol. The molecule has 3 saturated heterocycles. The number of sulfonamides is 1. The van der Waals surface area contributed by atoms with E-state index in [0.717, 1.165) is 45.7 Å². The molecule has 3 fully saturated rings. The van der Waals surface area contributed by atoms with Crippen LogP contribution in [0.1, 0.15) is 18.4 Å². The van der Waals surface area contributed by atoms with E-state index in [1.165, 1.54) is 4.31 Å². The van der Waals surface area contributed by atoms with Crippen molar-refractivity contribution < 1.29 is 26.3 Å². The summed E-state index contributed by atoms with van der Waals surface area (Å²) in [5, 5.41) is -1.03. The molecule has 1 spiro atoms. The molecule has 156 valence electrons. The summed E-state index contributed by atoms with van der Waals surface area (Å²) in [5.41, 5.74) is -1.13. The molecule has 4 rings (SSSR count). The summed E-state index contributed by atoms with van der Waals surface area (Å²) in [7, 11) is -4.00. The largest absolute Gasteiger partial charge is 0.417 e. The summed E-state index contributed by atoms with van der Waals surface area (Å²) >= 11 is 5.81. The maximum atomic E-state index is 12.7. The van der Waals surface area contributed by atoms with Crippen LogP contribution in [-0.4, -0.2) is 68.5 Å². The van der Waals surface area contributed by atoms with Crippen molar-refractivity contribution in [3.63, 3.8) is 0 Å². The average molecular weight is 440 g/mol. The van der Waals surface area contributed by atoms with Crippen molar-refractivity contribution in [1.29, 1.82) is 0 Å². The van der Waals surface area contributed by atoms with Crippen LogP contribution in [0.2, 0.25) is 5.02 Å². The highest BCUT2D eigenvalue weighted by atomic mass is 35.5. The number of ether oxygens (including phenoxy) is 1. The first-order valence-electron chi connectivity index (χ1n) is 9.12. The van der Waals surface area contributed by atoms with Gasteiger partial charge in [0.1, 0.15) is 0 Å². The van der Waals surface area contributed by atoms with Gasteiger partial charge in [-0.25, -0.2) is 13.4 Å². The van der Waals surface area contributed by atoms with E-state index in [1.54, 1.807) is 0 Å². The highest BCUT2D eigenvalue weighted by Gasteiger charge is 2.55. The summed E-state index contributed by atoms with van der Waals surface area (Å²) < 4.78 is 70.2. The van der Waals surface area contributed by atoms with Gasteiger partial charge < -0.3 is 9.64 Å². The Morgan fingerprint density at radius 3 is 2.43 bits per heavy atom. The lowest BCUT2D eigenvalue weighted by Crippen LogP contribution is -2.73. The zero-order chi connectivity index (χ0) is 20.2. The van der Waals surface area contributed by atoms with Crippen LogP contribution in [0.5, 0.6) is 0 Å². The van der Waals surface area contributed by atoms with E-state index in [9.17, 15) is 21.6 Å². The third-order valence-corrected chi connectivity index (χ3v) is 7.87. The van der Waals surface area contributed by atoms with Crippen molar-refractivity contribution in [2.24, 2.45) is 11.3 Å². The number of aromatic nitrogens is 1. The van der Waals surface area contributed by atoms with E-state index in [4.69, 9.17) is 16.3 Å². The van der Waals surface area contributed by atoms with Crippen LogP contribution in [0.4, 0.5) is 13.2 Å². The smallest absolute Gasteiger partial charge is 0.381 e. The molecule has 0 aliphatic carbocycles. The molecular formula is C17H21ClF3N3O3S. The highest BCUT2D eigenvalue weighted by molar-refractivity contribution is 7.89. The topological polar surface area (TPSA) is 62.7 Å². The molecule has 0 aromatic carbocycles. The number of pyridine rings is 1. The van der Waals surface area contributed by atoms with Crippen molar-refractivity contribution in [1.82, 2.24) is 14.2 Å². The predicted molar refractivity (Wildman–Crippen MR) is 95.4 cm³/mol. The van der Waals surface area contributed by atoms with Crippen LogP contribution in [0.3, 0.4) is 0 Å². The second kappa shape index (κ2) is 7.09. The standard InChI is InChI=1S/C17H21ClF3N3O3S/c18-14-5-13(17(19,20)21)6-22-15(14)28(25,26)24-10-16(11-24)8-23(9-16)7-12-1-3-27-4-2-12/h5-6,12H,1-4,7-11H2. The molecule has 4 heterocycles. The quantitative estimate of drug-likeness (QED) is 0.721. The minimum Gasteiger partial charge on any atom is -0.381 e. The number of hydrogen-bond acceptors (Lipinski definition) is 5. The monoisotopic (exact) mass is 439 g/mol. The zero-order valence-electron chi connectivity index (χ0n) is 15.1. The Bertz CT molecular complexity index is 845. The molecule has 1 aromatic rings. The lowest BCUT2D eigenvalue weighted by molar-refractivity contribution is -0.137. The van der Waals surface area contributed by atoms with Crippen molar-refractivity contribution in [2.45, 2.75) is 24.0 Å². The van der Waals surface area contributed by atoms with Gasteiger partial charge in [0.25, 0.3) is 10.0 Å². The van der Waals surface area contributed by atoms with Crippen LogP contribution in [0.25, 0.3) is 0 Å². The summed E-state index contributed by atoms with van der Waals surface area (Å²) in [6, 6.07) is 0.607. The van der Waals surface area contributed by atoms with Crippen LogP contribution < -0.4 is 0 Å². The van der Waals surface area contributed by atoms with E-state index in [0.29, 0.717) is 31.3 Å². The summed E-state index contributed by atoms with van der Waals surface area (Å²) in [6.07, 6.45) is -2.00. The van der Waals surface area contributed by atoms with Gasteiger partial charge in [0.05, 0.1) is 10.6 Å². The molecule has 0 saturated carbocycles. The van der Waals surface area contributed by atoms with E-state index in [2.05, 4.69) is 9.88 Å². The normalized spacial score (nSPS) is 24.1. The third-order valence-electron chi connectivity index (χ3n) is 5.72. The lowest BCUT2D eigenvalue weighted by Gasteiger charge is -2.60. The molecule has 6 nitrogen and oxygen atoms in total. The number of rotatable bonds is 4. The number of nitrogens with zero attached hydrogens (tertiary/aromatic N) is 3.